The summed E-state index contributed by atoms with van der Waals surface area (Å²) < 4.78 is 3.90. The molecule has 0 saturated carbocycles. The zero-order chi connectivity index (χ0) is 25.0. The van der Waals surface area contributed by atoms with Crippen LogP contribution in [0.25, 0.3) is 28.2 Å². The zero-order valence-corrected chi connectivity index (χ0v) is 19.9. The minimum absolute atomic E-state index is 0.156. The predicted octanol–water partition coefficient (Wildman–Crippen LogP) is 5.05. The van der Waals surface area contributed by atoms with E-state index < -0.39 is 0 Å². The maximum Gasteiger partial charge on any atom is 0.255 e. The molecule has 0 bridgehead atoms. The van der Waals surface area contributed by atoms with Crippen molar-refractivity contribution >= 4 is 17.2 Å². The molecule has 37 heavy (non-hydrogen) atoms. The Morgan fingerprint density at radius 2 is 1.65 bits per heavy atom. The summed E-state index contributed by atoms with van der Waals surface area (Å²) in [5.74, 6) is -0.156. The Bertz CT molecular complexity index is 1700. The van der Waals surface area contributed by atoms with Gasteiger partial charge < -0.3 is 5.32 Å². The highest BCUT2D eigenvalue weighted by Crippen LogP contribution is 2.26. The molecule has 0 aliphatic heterocycles. The second-order valence-corrected chi connectivity index (χ2v) is 8.65. The Kier molecular flexibility index (Phi) is 5.93. The van der Waals surface area contributed by atoms with Gasteiger partial charge in [0.15, 0.2) is 24.6 Å². The Balaban J connectivity index is 1.26. The highest BCUT2D eigenvalue weighted by molar-refractivity contribution is 6.04. The molecule has 1 amide bonds. The quantitative estimate of drug-likeness (QED) is 0.337. The minimum Gasteiger partial charge on any atom is -0.322 e. The number of pyridine rings is 2. The summed E-state index contributed by atoms with van der Waals surface area (Å²) >= 11 is 0. The summed E-state index contributed by atoms with van der Waals surface area (Å²) in [6.07, 6.45) is 9.28. The van der Waals surface area contributed by atoms with E-state index in [-0.39, 0.29) is 5.91 Å². The average Bonchev–Trinajstić information content (AvgIpc) is 3.39. The number of nitrogens with zero attached hydrogens (tertiary/aromatic N) is 5. The van der Waals surface area contributed by atoms with E-state index in [1.807, 2.05) is 108 Å². The van der Waals surface area contributed by atoms with E-state index in [1.54, 1.807) is 18.6 Å². The second-order valence-electron chi connectivity index (χ2n) is 8.65. The maximum absolute atomic E-state index is 13.1. The molecule has 0 atom stereocenters. The fourth-order valence-corrected chi connectivity index (χ4v) is 4.30. The van der Waals surface area contributed by atoms with Gasteiger partial charge in [0, 0.05) is 64.7 Å². The largest absolute Gasteiger partial charge is 0.322 e. The molecule has 0 fully saturated rings. The Hall–Kier alpha value is -5.17. The van der Waals surface area contributed by atoms with E-state index in [1.165, 1.54) is 0 Å². The van der Waals surface area contributed by atoms with Gasteiger partial charge >= 0.3 is 0 Å². The first kappa shape index (κ1) is 22.3. The van der Waals surface area contributed by atoms with E-state index >= 15 is 0 Å². The second kappa shape index (κ2) is 9.83. The molecule has 6 rings (SSSR count). The van der Waals surface area contributed by atoms with Crippen LogP contribution in [-0.2, 0) is 6.54 Å². The van der Waals surface area contributed by atoms with Crippen LogP contribution in [0.3, 0.4) is 0 Å². The number of carbonyl (C=O) groups is 1. The van der Waals surface area contributed by atoms with Crippen molar-refractivity contribution < 1.29 is 9.36 Å². The summed E-state index contributed by atoms with van der Waals surface area (Å²) in [5.41, 5.74) is 6.71. The van der Waals surface area contributed by atoms with Crippen molar-refractivity contribution in [1.82, 2.24) is 19.6 Å². The molecule has 0 spiro atoms. The standard InChI is InChI=1S/C30H22N6O/c37-30(25-8-4-6-22(18-25)21-35-16-2-1-3-17-35)33-26-9-5-7-24(19-26)28-12-15-32-29-20-27(34-36(28)29)23-10-13-31-14-11-23/h1-20H,21H2/p+1. The lowest BCUT2D eigenvalue weighted by Crippen LogP contribution is -2.32. The van der Waals surface area contributed by atoms with Gasteiger partial charge in [-0.05, 0) is 42.5 Å². The van der Waals surface area contributed by atoms with Crippen LogP contribution in [0.5, 0.6) is 0 Å². The Morgan fingerprint density at radius 3 is 2.51 bits per heavy atom. The van der Waals surface area contributed by atoms with Crippen molar-refractivity contribution in [2.75, 3.05) is 5.32 Å². The van der Waals surface area contributed by atoms with Crippen molar-refractivity contribution in [3.63, 3.8) is 0 Å². The molecule has 7 heteroatoms. The lowest BCUT2D eigenvalue weighted by molar-refractivity contribution is -0.688. The van der Waals surface area contributed by atoms with Crippen molar-refractivity contribution in [1.29, 1.82) is 0 Å². The molecule has 0 saturated heterocycles. The molecule has 0 aliphatic carbocycles. The molecule has 6 aromatic rings. The average molecular weight is 484 g/mol. The topological polar surface area (TPSA) is 76.1 Å². The number of anilines is 1. The van der Waals surface area contributed by atoms with Gasteiger partial charge in [0.25, 0.3) is 5.91 Å². The number of benzene rings is 2. The molecule has 4 aromatic heterocycles. The maximum atomic E-state index is 13.1. The summed E-state index contributed by atoms with van der Waals surface area (Å²) in [6.45, 7) is 0.695. The van der Waals surface area contributed by atoms with Gasteiger partial charge in [-0.2, -0.15) is 5.10 Å². The van der Waals surface area contributed by atoms with Crippen LogP contribution < -0.4 is 9.88 Å². The third kappa shape index (κ3) is 4.83. The van der Waals surface area contributed by atoms with E-state index in [0.717, 1.165) is 33.7 Å². The molecule has 4 heterocycles. The number of hydrogen-bond acceptors (Lipinski definition) is 4. The summed E-state index contributed by atoms with van der Waals surface area (Å²) in [5, 5.41) is 7.82. The minimum atomic E-state index is -0.156. The van der Waals surface area contributed by atoms with Crippen LogP contribution in [0.4, 0.5) is 5.69 Å². The van der Waals surface area contributed by atoms with Crippen molar-refractivity contribution in [2.24, 2.45) is 0 Å². The Morgan fingerprint density at radius 1 is 0.811 bits per heavy atom. The van der Waals surface area contributed by atoms with Crippen LogP contribution in [0.2, 0.25) is 0 Å². The zero-order valence-electron chi connectivity index (χ0n) is 19.9. The number of fused-ring (bicyclic) bond motifs is 1. The molecule has 0 aliphatic rings. The summed E-state index contributed by atoms with van der Waals surface area (Å²) in [4.78, 5) is 21.6. The van der Waals surface area contributed by atoms with Gasteiger partial charge in [0.1, 0.15) is 0 Å². The highest BCUT2D eigenvalue weighted by Gasteiger charge is 2.12. The third-order valence-corrected chi connectivity index (χ3v) is 6.08. The molecule has 7 nitrogen and oxygen atoms in total. The van der Waals surface area contributed by atoms with E-state index in [2.05, 4.69) is 19.9 Å². The predicted molar refractivity (Wildman–Crippen MR) is 142 cm³/mol. The monoisotopic (exact) mass is 483 g/mol. The van der Waals surface area contributed by atoms with Gasteiger partial charge in [-0.25, -0.2) is 14.1 Å². The van der Waals surface area contributed by atoms with Crippen molar-refractivity contribution in [3.8, 4) is 22.5 Å². The van der Waals surface area contributed by atoms with Gasteiger partial charge in [0.2, 0.25) is 0 Å². The number of hydrogen-bond donors (Lipinski definition) is 1. The van der Waals surface area contributed by atoms with Gasteiger partial charge in [0.05, 0.1) is 11.4 Å². The van der Waals surface area contributed by atoms with Crippen LogP contribution in [0.1, 0.15) is 15.9 Å². The first-order valence-electron chi connectivity index (χ1n) is 11.9. The molecule has 2 aromatic carbocycles. The molecule has 178 valence electrons. The van der Waals surface area contributed by atoms with E-state index in [0.29, 0.717) is 17.8 Å². The SMILES string of the molecule is O=C(Nc1cccc(-c2ccnc3cc(-c4ccncc4)nn23)c1)c1cccc(C[n+]2ccccc2)c1. The number of nitrogens with one attached hydrogen (secondary N) is 1. The van der Waals surface area contributed by atoms with Crippen molar-refractivity contribution in [2.45, 2.75) is 6.54 Å². The number of amides is 1. The number of rotatable bonds is 6. The van der Waals surface area contributed by atoms with E-state index in [4.69, 9.17) is 5.10 Å². The highest BCUT2D eigenvalue weighted by atomic mass is 16.1. The first-order valence-corrected chi connectivity index (χ1v) is 11.9. The van der Waals surface area contributed by atoms with Crippen LogP contribution in [-0.4, -0.2) is 25.5 Å². The first-order chi connectivity index (χ1) is 18.2. The van der Waals surface area contributed by atoms with Gasteiger partial charge in [-0.15, -0.1) is 0 Å². The smallest absolute Gasteiger partial charge is 0.255 e. The molecule has 0 radical (unpaired) electrons. The molecule has 0 unspecified atom stereocenters. The summed E-state index contributed by atoms with van der Waals surface area (Å²) in [6, 6.07) is 29.1. The van der Waals surface area contributed by atoms with Crippen LogP contribution in [0, 0.1) is 0 Å². The number of carbonyl (C=O) groups excluding carboxylic acids is 1. The molecule has 1 N–H and O–H groups in total. The third-order valence-electron chi connectivity index (χ3n) is 6.08. The van der Waals surface area contributed by atoms with Crippen molar-refractivity contribution in [3.05, 3.63) is 133 Å². The molecular weight excluding hydrogens is 460 g/mol. The normalized spacial score (nSPS) is 10.9. The summed E-state index contributed by atoms with van der Waals surface area (Å²) in [7, 11) is 0. The van der Waals surface area contributed by atoms with Gasteiger partial charge in [-0.1, -0.05) is 30.3 Å². The van der Waals surface area contributed by atoms with Crippen LogP contribution >= 0.6 is 0 Å². The van der Waals surface area contributed by atoms with E-state index in [9.17, 15) is 4.79 Å². The Labute approximate surface area is 213 Å². The van der Waals surface area contributed by atoms with Gasteiger partial charge in [-0.3, -0.25) is 9.78 Å². The lowest BCUT2D eigenvalue weighted by atomic mass is 10.1. The number of aromatic nitrogens is 5. The fourth-order valence-electron chi connectivity index (χ4n) is 4.30. The lowest BCUT2D eigenvalue weighted by Gasteiger charge is -2.09. The fraction of sp³-hybridized carbons (Fsp3) is 0.0333. The molecular formula is C30H23N6O+. The van der Waals surface area contributed by atoms with Crippen LogP contribution in [0.15, 0.2) is 122 Å².